The number of nitrogens with one attached hydrogen (secondary N) is 4. The Labute approximate surface area is 152 Å². The van der Waals surface area contributed by atoms with Crippen LogP contribution in [-0.2, 0) is 4.79 Å². The van der Waals surface area contributed by atoms with Gasteiger partial charge in [0.15, 0.2) is 5.65 Å². The van der Waals surface area contributed by atoms with Crippen molar-refractivity contribution in [3.63, 3.8) is 0 Å². The molecule has 2 saturated heterocycles. The predicted molar refractivity (Wildman–Crippen MR) is 99.4 cm³/mol. The molecule has 9 heteroatoms. The van der Waals surface area contributed by atoms with E-state index in [4.69, 9.17) is 0 Å². The highest BCUT2D eigenvalue weighted by atomic mass is 16.1. The van der Waals surface area contributed by atoms with E-state index in [0.29, 0.717) is 36.8 Å². The predicted octanol–water partition coefficient (Wildman–Crippen LogP) is 0.712. The van der Waals surface area contributed by atoms with Gasteiger partial charge in [-0.3, -0.25) is 4.79 Å². The summed E-state index contributed by atoms with van der Waals surface area (Å²) in [6.07, 6.45) is 4.41. The molecule has 2 fully saturated rings. The van der Waals surface area contributed by atoms with Crippen LogP contribution in [0, 0.1) is 0 Å². The Bertz CT molecular complexity index is 795. The molecule has 2 aliphatic rings. The summed E-state index contributed by atoms with van der Waals surface area (Å²) in [5.74, 6) is 1.62. The second-order valence-electron chi connectivity index (χ2n) is 7.38. The van der Waals surface area contributed by atoms with Gasteiger partial charge >= 0.3 is 0 Å². The summed E-state index contributed by atoms with van der Waals surface area (Å²) >= 11 is 0. The monoisotopic (exact) mass is 358 g/mol. The number of hydrogen-bond donors (Lipinski definition) is 4. The van der Waals surface area contributed by atoms with Gasteiger partial charge in [-0.05, 0) is 31.8 Å². The molecular weight excluding hydrogens is 332 g/mol. The minimum absolute atomic E-state index is 0.0158. The fraction of sp³-hybridized carbons (Fsp3) is 0.647. The molecule has 140 valence electrons. The summed E-state index contributed by atoms with van der Waals surface area (Å²) in [6.45, 7) is 6.87. The average molecular weight is 358 g/mol. The summed E-state index contributed by atoms with van der Waals surface area (Å²) in [5, 5.41) is 17.6. The summed E-state index contributed by atoms with van der Waals surface area (Å²) in [6, 6.07) is 0.380. The van der Waals surface area contributed by atoms with Crippen LogP contribution in [0.15, 0.2) is 6.20 Å². The third kappa shape index (κ3) is 3.44. The van der Waals surface area contributed by atoms with Gasteiger partial charge < -0.3 is 21.3 Å². The number of aromatic nitrogens is 4. The number of piperidine rings is 1. The Kier molecular flexibility index (Phi) is 4.62. The summed E-state index contributed by atoms with van der Waals surface area (Å²) in [4.78, 5) is 20.8. The number of fused-ring (bicyclic) bond motifs is 1. The van der Waals surface area contributed by atoms with Gasteiger partial charge in [0.05, 0.1) is 12.2 Å². The topological polar surface area (TPSA) is 108 Å². The molecule has 26 heavy (non-hydrogen) atoms. The minimum atomic E-state index is 0.0158. The SMILES string of the molecule is CC(C)c1cnn2c(NC3CCNCC3)nc(N[C@H]3CNC(=O)C3)nc12. The second-order valence-corrected chi connectivity index (χ2v) is 7.38. The Morgan fingerprint density at radius 3 is 2.69 bits per heavy atom. The van der Waals surface area contributed by atoms with Gasteiger partial charge in [0, 0.05) is 24.6 Å². The number of rotatable bonds is 5. The van der Waals surface area contributed by atoms with Gasteiger partial charge in [-0.1, -0.05) is 13.8 Å². The Hall–Kier alpha value is -2.42. The lowest BCUT2D eigenvalue weighted by Gasteiger charge is -2.24. The largest absolute Gasteiger partial charge is 0.354 e. The molecule has 4 rings (SSSR count). The summed E-state index contributed by atoms with van der Waals surface area (Å²) < 4.78 is 1.79. The molecule has 2 aromatic heterocycles. The van der Waals surface area contributed by atoms with Crippen molar-refractivity contribution in [1.82, 2.24) is 30.2 Å². The van der Waals surface area contributed by atoms with Crippen LogP contribution < -0.4 is 21.3 Å². The van der Waals surface area contributed by atoms with Crippen molar-refractivity contribution in [2.75, 3.05) is 30.3 Å². The number of carbonyl (C=O) groups is 1. The van der Waals surface area contributed by atoms with E-state index in [1.807, 2.05) is 6.20 Å². The second kappa shape index (κ2) is 7.06. The van der Waals surface area contributed by atoms with Crippen LogP contribution in [0.5, 0.6) is 0 Å². The molecule has 4 heterocycles. The molecule has 2 aliphatic heterocycles. The number of anilines is 2. The zero-order chi connectivity index (χ0) is 18.1. The lowest BCUT2D eigenvalue weighted by atomic mass is 10.1. The lowest BCUT2D eigenvalue weighted by Crippen LogP contribution is -2.36. The Balaban J connectivity index is 1.66. The lowest BCUT2D eigenvalue weighted by molar-refractivity contribution is -0.119. The first-order valence-electron chi connectivity index (χ1n) is 9.36. The van der Waals surface area contributed by atoms with Crippen LogP contribution in [0.4, 0.5) is 11.9 Å². The zero-order valence-corrected chi connectivity index (χ0v) is 15.2. The van der Waals surface area contributed by atoms with Crippen LogP contribution in [0.1, 0.15) is 44.6 Å². The van der Waals surface area contributed by atoms with Crippen LogP contribution >= 0.6 is 0 Å². The van der Waals surface area contributed by atoms with Crippen LogP contribution in [0.3, 0.4) is 0 Å². The first-order chi connectivity index (χ1) is 12.6. The number of hydrogen-bond acceptors (Lipinski definition) is 7. The number of amides is 1. The zero-order valence-electron chi connectivity index (χ0n) is 15.2. The van der Waals surface area contributed by atoms with Crippen molar-refractivity contribution in [3.05, 3.63) is 11.8 Å². The Morgan fingerprint density at radius 1 is 1.19 bits per heavy atom. The van der Waals surface area contributed by atoms with E-state index in [1.165, 1.54) is 0 Å². The van der Waals surface area contributed by atoms with Crippen molar-refractivity contribution in [2.45, 2.75) is 51.1 Å². The fourth-order valence-electron chi connectivity index (χ4n) is 3.50. The van der Waals surface area contributed by atoms with Gasteiger partial charge in [0.2, 0.25) is 17.8 Å². The molecule has 0 aromatic carbocycles. The van der Waals surface area contributed by atoms with E-state index < -0.39 is 0 Å². The molecule has 2 aromatic rings. The van der Waals surface area contributed by atoms with Gasteiger partial charge in [0.1, 0.15) is 0 Å². The third-order valence-corrected chi connectivity index (χ3v) is 5.00. The molecule has 9 nitrogen and oxygen atoms in total. The quantitative estimate of drug-likeness (QED) is 0.623. The van der Waals surface area contributed by atoms with E-state index in [0.717, 1.165) is 37.1 Å². The first-order valence-corrected chi connectivity index (χ1v) is 9.36. The smallest absolute Gasteiger partial charge is 0.229 e. The van der Waals surface area contributed by atoms with E-state index in [1.54, 1.807) is 4.52 Å². The molecule has 4 N–H and O–H groups in total. The van der Waals surface area contributed by atoms with Crippen LogP contribution in [0.25, 0.3) is 5.65 Å². The Morgan fingerprint density at radius 2 is 2.00 bits per heavy atom. The molecular formula is C17H26N8O. The van der Waals surface area contributed by atoms with Crippen molar-refractivity contribution in [2.24, 2.45) is 0 Å². The van der Waals surface area contributed by atoms with E-state index in [2.05, 4.69) is 50.2 Å². The molecule has 0 saturated carbocycles. The fourth-order valence-corrected chi connectivity index (χ4v) is 3.50. The van der Waals surface area contributed by atoms with Crippen molar-refractivity contribution >= 4 is 23.5 Å². The molecule has 1 amide bonds. The first kappa shape index (κ1) is 17.0. The highest BCUT2D eigenvalue weighted by Gasteiger charge is 2.24. The number of nitrogens with zero attached hydrogens (tertiary/aromatic N) is 4. The summed E-state index contributed by atoms with van der Waals surface area (Å²) in [7, 11) is 0. The minimum Gasteiger partial charge on any atom is -0.354 e. The maximum absolute atomic E-state index is 11.5. The molecule has 0 bridgehead atoms. The molecule has 0 radical (unpaired) electrons. The third-order valence-electron chi connectivity index (χ3n) is 5.00. The highest BCUT2D eigenvalue weighted by molar-refractivity contribution is 5.79. The standard InChI is InChI=1S/C17H26N8O/c1-10(2)13-9-20-25-15(13)23-16(21-12-7-14(26)19-8-12)24-17(25)22-11-3-5-18-6-4-11/h9-12,18H,3-8H2,1-2H3,(H,19,26)(H2,21,22,23,24)/t12-/m1/s1. The maximum atomic E-state index is 11.5. The maximum Gasteiger partial charge on any atom is 0.229 e. The van der Waals surface area contributed by atoms with Crippen molar-refractivity contribution in [1.29, 1.82) is 0 Å². The van der Waals surface area contributed by atoms with Gasteiger partial charge in [-0.15, -0.1) is 0 Å². The molecule has 0 aliphatic carbocycles. The van der Waals surface area contributed by atoms with Crippen molar-refractivity contribution in [3.8, 4) is 0 Å². The van der Waals surface area contributed by atoms with Gasteiger partial charge in [0.25, 0.3) is 0 Å². The average Bonchev–Trinajstić information content (AvgIpc) is 3.22. The van der Waals surface area contributed by atoms with Crippen LogP contribution in [-0.4, -0.2) is 57.2 Å². The van der Waals surface area contributed by atoms with E-state index >= 15 is 0 Å². The normalized spacial score (nSPS) is 21.3. The molecule has 0 unspecified atom stereocenters. The molecule has 0 spiro atoms. The summed E-state index contributed by atoms with van der Waals surface area (Å²) in [5.41, 5.74) is 1.90. The van der Waals surface area contributed by atoms with Gasteiger partial charge in [-0.2, -0.15) is 19.6 Å². The van der Waals surface area contributed by atoms with Gasteiger partial charge in [-0.25, -0.2) is 0 Å². The van der Waals surface area contributed by atoms with Crippen molar-refractivity contribution < 1.29 is 4.79 Å². The number of carbonyl (C=O) groups excluding carboxylic acids is 1. The van der Waals surface area contributed by atoms with Crippen LogP contribution in [0.2, 0.25) is 0 Å². The highest BCUT2D eigenvalue weighted by Crippen LogP contribution is 2.23. The van der Waals surface area contributed by atoms with E-state index in [-0.39, 0.29) is 11.9 Å². The van der Waals surface area contributed by atoms with E-state index in [9.17, 15) is 4.79 Å². The molecule has 1 atom stereocenters.